The summed E-state index contributed by atoms with van der Waals surface area (Å²) in [6, 6.07) is 10.2. The zero-order chi connectivity index (χ0) is 13.2. The molecule has 1 aromatic carbocycles. The molecule has 100 valence electrons. The third kappa shape index (κ3) is 5.68. The van der Waals surface area contributed by atoms with Gasteiger partial charge in [0.2, 0.25) is 5.91 Å². The van der Waals surface area contributed by atoms with Crippen LogP contribution in [0.15, 0.2) is 30.3 Å². The molecule has 1 aromatic rings. The van der Waals surface area contributed by atoms with Crippen molar-refractivity contribution in [3.05, 3.63) is 30.3 Å². The van der Waals surface area contributed by atoms with Crippen LogP contribution in [0, 0.1) is 0 Å². The topological polar surface area (TPSA) is 41.6 Å². The molecule has 0 aliphatic carbocycles. The summed E-state index contributed by atoms with van der Waals surface area (Å²) >= 11 is 0. The number of carbonyl (C=O) groups excluding carboxylic acids is 1. The Morgan fingerprint density at radius 3 is 2.72 bits per heavy atom. The van der Waals surface area contributed by atoms with Crippen LogP contribution in [0.5, 0.6) is 0 Å². The fourth-order valence-corrected chi connectivity index (χ4v) is 1.60. The first-order valence-corrected chi connectivity index (χ1v) is 6.34. The van der Waals surface area contributed by atoms with Crippen LogP contribution in [-0.4, -0.2) is 39.3 Å². The van der Waals surface area contributed by atoms with E-state index in [1.165, 1.54) is 5.69 Å². The normalized spacial score (nSPS) is 10.1. The molecule has 0 spiro atoms. The molecular weight excluding hydrogens is 228 g/mol. The van der Waals surface area contributed by atoms with E-state index in [0.29, 0.717) is 13.2 Å². The highest BCUT2D eigenvalue weighted by Gasteiger charge is 2.01. The van der Waals surface area contributed by atoms with Crippen molar-refractivity contribution in [1.29, 1.82) is 0 Å². The molecule has 4 nitrogen and oxygen atoms in total. The van der Waals surface area contributed by atoms with Crippen molar-refractivity contribution in [1.82, 2.24) is 5.32 Å². The van der Waals surface area contributed by atoms with Crippen LogP contribution in [0.2, 0.25) is 0 Å². The number of para-hydroxylation sites is 1. The molecule has 0 atom stereocenters. The third-order valence-electron chi connectivity index (χ3n) is 2.63. The van der Waals surface area contributed by atoms with Crippen molar-refractivity contribution in [3.8, 4) is 0 Å². The fraction of sp³-hybridized carbons (Fsp3) is 0.500. The van der Waals surface area contributed by atoms with Gasteiger partial charge in [0.25, 0.3) is 0 Å². The Balaban J connectivity index is 2.13. The Labute approximate surface area is 109 Å². The minimum atomic E-state index is -0.0424. The SMILES string of the molecule is CCOCC(=O)NCCCN(C)c1ccccc1. The Morgan fingerprint density at radius 2 is 2.06 bits per heavy atom. The molecule has 0 aliphatic rings. The molecule has 0 heterocycles. The van der Waals surface area contributed by atoms with Gasteiger partial charge < -0.3 is 15.0 Å². The van der Waals surface area contributed by atoms with E-state index in [-0.39, 0.29) is 12.5 Å². The van der Waals surface area contributed by atoms with Gasteiger partial charge in [-0.15, -0.1) is 0 Å². The Morgan fingerprint density at radius 1 is 1.33 bits per heavy atom. The van der Waals surface area contributed by atoms with Gasteiger partial charge in [-0.2, -0.15) is 0 Å². The minimum absolute atomic E-state index is 0.0424. The number of hydrogen-bond acceptors (Lipinski definition) is 3. The number of ether oxygens (including phenoxy) is 1. The summed E-state index contributed by atoms with van der Waals surface area (Å²) in [7, 11) is 2.05. The van der Waals surface area contributed by atoms with Gasteiger partial charge in [0.15, 0.2) is 0 Å². The number of hydrogen-bond donors (Lipinski definition) is 1. The fourth-order valence-electron chi connectivity index (χ4n) is 1.60. The third-order valence-corrected chi connectivity index (χ3v) is 2.63. The smallest absolute Gasteiger partial charge is 0.245 e. The molecule has 0 aromatic heterocycles. The molecule has 1 rings (SSSR count). The van der Waals surface area contributed by atoms with Crippen LogP contribution in [0.1, 0.15) is 13.3 Å². The Hall–Kier alpha value is -1.55. The molecule has 0 saturated heterocycles. The van der Waals surface area contributed by atoms with Crippen LogP contribution in [0.25, 0.3) is 0 Å². The number of carbonyl (C=O) groups is 1. The van der Waals surface area contributed by atoms with Crippen molar-refractivity contribution in [2.75, 3.05) is 38.3 Å². The zero-order valence-electron chi connectivity index (χ0n) is 11.2. The van der Waals surface area contributed by atoms with Gasteiger partial charge >= 0.3 is 0 Å². The molecule has 1 amide bonds. The maximum atomic E-state index is 11.3. The summed E-state index contributed by atoms with van der Waals surface area (Å²) in [6.45, 7) is 4.21. The predicted molar refractivity (Wildman–Crippen MR) is 73.8 cm³/mol. The first-order valence-electron chi connectivity index (χ1n) is 6.34. The van der Waals surface area contributed by atoms with E-state index in [9.17, 15) is 4.79 Å². The van der Waals surface area contributed by atoms with Crippen LogP contribution < -0.4 is 10.2 Å². The van der Waals surface area contributed by atoms with Gasteiger partial charge in [0.05, 0.1) is 0 Å². The van der Waals surface area contributed by atoms with Crippen molar-refractivity contribution < 1.29 is 9.53 Å². The summed E-state index contributed by atoms with van der Waals surface area (Å²) < 4.78 is 5.02. The number of nitrogens with one attached hydrogen (secondary N) is 1. The van der Waals surface area contributed by atoms with Gasteiger partial charge in [0.1, 0.15) is 6.61 Å². The molecule has 1 N–H and O–H groups in total. The first-order chi connectivity index (χ1) is 8.74. The van der Waals surface area contributed by atoms with E-state index in [1.54, 1.807) is 0 Å². The predicted octanol–water partition coefficient (Wildman–Crippen LogP) is 1.67. The van der Waals surface area contributed by atoms with Crippen molar-refractivity contribution in [2.24, 2.45) is 0 Å². The molecule has 0 aliphatic heterocycles. The lowest BCUT2D eigenvalue weighted by Gasteiger charge is -2.19. The molecule has 0 unspecified atom stereocenters. The standard InChI is InChI=1S/C14H22N2O2/c1-3-18-12-14(17)15-10-7-11-16(2)13-8-5-4-6-9-13/h4-6,8-9H,3,7,10-12H2,1-2H3,(H,15,17). The highest BCUT2D eigenvalue weighted by molar-refractivity contribution is 5.77. The minimum Gasteiger partial charge on any atom is -0.375 e. The van der Waals surface area contributed by atoms with E-state index in [2.05, 4.69) is 29.4 Å². The highest BCUT2D eigenvalue weighted by atomic mass is 16.5. The summed E-state index contributed by atoms with van der Waals surface area (Å²) in [5.41, 5.74) is 1.19. The average molecular weight is 250 g/mol. The molecule has 0 saturated carbocycles. The number of nitrogens with zero attached hydrogens (tertiary/aromatic N) is 1. The van der Waals surface area contributed by atoms with E-state index in [1.807, 2.05) is 25.1 Å². The van der Waals surface area contributed by atoms with Crippen molar-refractivity contribution in [2.45, 2.75) is 13.3 Å². The van der Waals surface area contributed by atoms with Crippen molar-refractivity contribution in [3.63, 3.8) is 0 Å². The van der Waals surface area contributed by atoms with Gasteiger partial charge in [0, 0.05) is 32.4 Å². The Bertz CT molecular complexity index is 341. The first kappa shape index (κ1) is 14.5. The van der Waals surface area contributed by atoms with Gasteiger partial charge in [-0.1, -0.05) is 18.2 Å². The second kappa shape index (κ2) is 8.53. The van der Waals surface area contributed by atoms with E-state index < -0.39 is 0 Å². The average Bonchev–Trinajstić information content (AvgIpc) is 2.42. The molecule has 4 heteroatoms. The summed E-state index contributed by atoms with van der Waals surface area (Å²) in [5.74, 6) is -0.0424. The van der Waals surface area contributed by atoms with Gasteiger partial charge in [-0.25, -0.2) is 0 Å². The van der Waals surface area contributed by atoms with E-state index in [0.717, 1.165) is 13.0 Å². The number of rotatable bonds is 8. The van der Waals surface area contributed by atoms with E-state index >= 15 is 0 Å². The summed E-state index contributed by atoms with van der Waals surface area (Å²) in [4.78, 5) is 13.4. The zero-order valence-corrected chi connectivity index (χ0v) is 11.2. The van der Waals surface area contributed by atoms with E-state index in [4.69, 9.17) is 4.74 Å². The van der Waals surface area contributed by atoms with Crippen LogP contribution in [-0.2, 0) is 9.53 Å². The van der Waals surface area contributed by atoms with Gasteiger partial charge in [-0.3, -0.25) is 4.79 Å². The second-order valence-electron chi connectivity index (χ2n) is 4.10. The number of amides is 1. The lowest BCUT2D eigenvalue weighted by atomic mass is 10.3. The second-order valence-corrected chi connectivity index (χ2v) is 4.10. The van der Waals surface area contributed by atoms with Crippen LogP contribution in [0.4, 0.5) is 5.69 Å². The molecule has 0 bridgehead atoms. The number of anilines is 1. The molecule has 0 fully saturated rings. The summed E-state index contributed by atoms with van der Waals surface area (Å²) in [5, 5.41) is 2.83. The van der Waals surface area contributed by atoms with Crippen LogP contribution >= 0.6 is 0 Å². The lowest BCUT2D eigenvalue weighted by Crippen LogP contribution is -2.30. The van der Waals surface area contributed by atoms with Crippen LogP contribution in [0.3, 0.4) is 0 Å². The molecule has 18 heavy (non-hydrogen) atoms. The Kier molecular flexibility index (Phi) is 6.87. The lowest BCUT2D eigenvalue weighted by molar-refractivity contribution is -0.125. The highest BCUT2D eigenvalue weighted by Crippen LogP contribution is 2.10. The molecule has 0 radical (unpaired) electrons. The molecular formula is C14H22N2O2. The largest absolute Gasteiger partial charge is 0.375 e. The van der Waals surface area contributed by atoms with Crippen molar-refractivity contribution >= 4 is 11.6 Å². The quantitative estimate of drug-likeness (QED) is 0.714. The summed E-state index contributed by atoms with van der Waals surface area (Å²) in [6.07, 6.45) is 0.920. The maximum absolute atomic E-state index is 11.3. The maximum Gasteiger partial charge on any atom is 0.245 e. The monoisotopic (exact) mass is 250 g/mol. The number of benzene rings is 1. The van der Waals surface area contributed by atoms with Gasteiger partial charge in [-0.05, 0) is 25.5 Å².